The van der Waals surface area contributed by atoms with Crippen molar-refractivity contribution in [1.29, 1.82) is 0 Å². The lowest BCUT2D eigenvalue weighted by molar-refractivity contribution is 0.400. The number of nitrogens with one attached hydrogen (secondary N) is 1. The lowest BCUT2D eigenvalue weighted by Crippen LogP contribution is -2.28. The summed E-state index contributed by atoms with van der Waals surface area (Å²) < 4.78 is 2.23. The summed E-state index contributed by atoms with van der Waals surface area (Å²) in [4.78, 5) is 0. The van der Waals surface area contributed by atoms with E-state index in [0.29, 0.717) is 6.04 Å². The highest BCUT2D eigenvalue weighted by molar-refractivity contribution is 9.11. The van der Waals surface area contributed by atoms with Crippen molar-refractivity contribution in [2.75, 3.05) is 5.32 Å². The van der Waals surface area contributed by atoms with E-state index in [0.717, 1.165) is 26.7 Å². The van der Waals surface area contributed by atoms with Crippen LogP contribution in [0.2, 0.25) is 0 Å². The van der Waals surface area contributed by atoms with Gasteiger partial charge in [0, 0.05) is 20.7 Å². The van der Waals surface area contributed by atoms with Gasteiger partial charge < -0.3 is 5.32 Å². The van der Waals surface area contributed by atoms with Gasteiger partial charge in [-0.1, -0.05) is 28.1 Å². The van der Waals surface area contributed by atoms with Crippen LogP contribution in [0.3, 0.4) is 0 Å². The molecule has 0 radical (unpaired) electrons. The maximum absolute atomic E-state index is 3.66. The van der Waals surface area contributed by atoms with Gasteiger partial charge >= 0.3 is 0 Å². The van der Waals surface area contributed by atoms with Gasteiger partial charge in [-0.15, -0.1) is 0 Å². The number of hydrogen-bond donors (Lipinski definition) is 1. The molecule has 4 atom stereocenters. The van der Waals surface area contributed by atoms with Crippen molar-refractivity contribution in [3.63, 3.8) is 0 Å². The molecular formula is C15H17Br2N. The van der Waals surface area contributed by atoms with Crippen LogP contribution in [0.25, 0.3) is 0 Å². The predicted octanol–water partition coefficient (Wildman–Crippen LogP) is 5.22. The zero-order valence-electron chi connectivity index (χ0n) is 10.4. The number of rotatable bonds is 3. The highest BCUT2D eigenvalue weighted by Crippen LogP contribution is 2.45. The number of halogens is 2. The van der Waals surface area contributed by atoms with E-state index in [4.69, 9.17) is 0 Å². The molecule has 1 fully saturated rings. The quantitative estimate of drug-likeness (QED) is 0.718. The second-order valence-corrected chi connectivity index (χ2v) is 7.27. The zero-order valence-corrected chi connectivity index (χ0v) is 13.5. The molecule has 0 spiro atoms. The smallest absolute Gasteiger partial charge is 0.0487 e. The lowest BCUT2D eigenvalue weighted by atomic mass is 9.87. The summed E-state index contributed by atoms with van der Waals surface area (Å²) in [5.74, 6) is 2.43. The standard InChI is InChI=1S/C15H17Br2N/c1-9(13-7-10-2-3-11(13)6-10)18-15-5-4-12(16)8-14(15)17/h2-5,8-11,13,18H,6-7H2,1H3. The van der Waals surface area contributed by atoms with Crippen LogP contribution in [-0.4, -0.2) is 6.04 Å². The minimum Gasteiger partial charge on any atom is -0.381 e. The topological polar surface area (TPSA) is 12.0 Å². The van der Waals surface area contributed by atoms with E-state index in [2.05, 4.69) is 74.5 Å². The van der Waals surface area contributed by atoms with E-state index in [9.17, 15) is 0 Å². The lowest BCUT2D eigenvalue weighted by Gasteiger charge is -2.27. The monoisotopic (exact) mass is 369 g/mol. The fourth-order valence-electron chi connectivity index (χ4n) is 3.36. The Morgan fingerprint density at radius 2 is 2.06 bits per heavy atom. The average molecular weight is 371 g/mol. The highest BCUT2D eigenvalue weighted by Gasteiger charge is 2.38. The Balaban J connectivity index is 1.71. The minimum absolute atomic E-state index is 0.530. The third-order valence-corrected chi connectivity index (χ3v) is 5.44. The summed E-state index contributed by atoms with van der Waals surface area (Å²) >= 11 is 7.11. The highest BCUT2D eigenvalue weighted by atomic mass is 79.9. The molecule has 1 saturated carbocycles. The summed E-state index contributed by atoms with van der Waals surface area (Å²) in [7, 11) is 0. The molecule has 4 unspecified atom stereocenters. The Kier molecular flexibility index (Phi) is 3.55. The van der Waals surface area contributed by atoms with Crippen LogP contribution >= 0.6 is 31.9 Å². The number of anilines is 1. The number of benzene rings is 1. The van der Waals surface area contributed by atoms with Crippen molar-refractivity contribution in [2.45, 2.75) is 25.8 Å². The average Bonchev–Trinajstić information content (AvgIpc) is 2.94. The molecule has 0 aromatic heterocycles. The summed E-state index contributed by atoms with van der Waals surface area (Å²) in [5, 5.41) is 3.66. The third-order valence-electron chi connectivity index (χ3n) is 4.29. The van der Waals surface area contributed by atoms with E-state index in [1.54, 1.807) is 0 Å². The van der Waals surface area contributed by atoms with E-state index in [-0.39, 0.29) is 0 Å². The molecule has 0 heterocycles. The van der Waals surface area contributed by atoms with Gasteiger partial charge in [-0.2, -0.15) is 0 Å². The molecular weight excluding hydrogens is 354 g/mol. The van der Waals surface area contributed by atoms with Gasteiger partial charge in [0.25, 0.3) is 0 Å². The Morgan fingerprint density at radius 1 is 1.22 bits per heavy atom. The van der Waals surface area contributed by atoms with Crippen LogP contribution in [0.15, 0.2) is 39.3 Å². The molecule has 2 aliphatic carbocycles. The molecule has 2 aliphatic rings. The molecule has 1 aromatic carbocycles. The molecule has 96 valence electrons. The van der Waals surface area contributed by atoms with Gasteiger partial charge in [-0.3, -0.25) is 0 Å². The van der Waals surface area contributed by atoms with Gasteiger partial charge in [0.2, 0.25) is 0 Å². The molecule has 3 rings (SSSR count). The second kappa shape index (κ2) is 5.01. The Morgan fingerprint density at radius 3 is 2.67 bits per heavy atom. The first kappa shape index (κ1) is 12.7. The second-order valence-electron chi connectivity index (χ2n) is 5.50. The molecule has 0 saturated heterocycles. The van der Waals surface area contributed by atoms with Crippen molar-refractivity contribution >= 4 is 37.5 Å². The van der Waals surface area contributed by atoms with E-state index in [1.807, 2.05) is 0 Å². The van der Waals surface area contributed by atoms with Crippen molar-refractivity contribution in [1.82, 2.24) is 0 Å². The van der Waals surface area contributed by atoms with Crippen LogP contribution in [-0.2, 0) is 0 Å². The van der Waals surface area contributed by atoms with Crippen LogP contribution in [0.1, 0.15) is 19.8 Å². The van der Waals surface area contributed by atoms with Gasteiger partial charge in [0.1, 0.15) is 0 Å². The largest absolute Gasteiger partial charge is 0.381 e. The van der Waals surface area contributed by atoms with Gasteiger partial charge in [-0.25, -0.2) is 0 Å². The molecule has 2 bridgehead atoms. The fraction of sp³-hybridized carbons (Fsp3) is 0.467. The molecule has 1 aromatic rings. The summed E-state index contributed by atoms with van der Waals surface area (Å²) in [6.45, 7) is 2.31. The summed E-state index contributed by atoms with van der Waals surface area (Å²) in [6.07, 6.45) is 7.55. The van der Waals surface area contributed by atoms with E-state index < -0.39 is 0 Å². The first-order chi connectivity index (χ1) is 8.63. The minimum atomic E-state index is 0.530. The zero-order chi connectivity index (χ0) is 12.7. The maximum atomic E-state index is 3.66. The van der Waals surface area contributed by atoms with E-state index in [1.165, 1.54) is 18.5 Å². The molecule has 0 amide bonds. The Bertz CT molecular complexity index is 483. The van der Waals surface area contributed by atoms with Gasteiger partial charge in [0.15, 0.2) is 0 Å². The molecule has 3 heteroatoms. The Hall–Kier alpha value is -0.280. The normalized spacial score (nSPS) is 30.7. The first-order valence-corrected chi connectivity index (χ1v) is 8.12. The van der Waals surface area contributed by atoms with Gasteiger partial charge in [0.05, 0.1) is 0 Å². The van der Waals surface area contributed by atoms with Crippen molar-refractivity contribution in [3.05, 3.63) is 39.3 Å². The number of fused-ring (bicyclic) bond motifs is 2. The third kappa shape index (κ3) is 2.39. The fourth-order valence-corrected chi connectivity index (χ4v) is 4.52. The number of allylic oxidation sites excluding steroid dienone is 2. The number of hydrogen-bond acceptors (Lipinski definition) is 1. The van der Waals surface area contributed by atoms with Crippen LogP contribution < -0.4 is 5.32 Å². The van der Waals surface area contributed by atoms with Crippen molar-refractivity contribution in [2.24, 2.45) is 17.8 Å². The van der Waals surface area contributed by atoms with Gasteiger partial charge in [-0.05, 0) is 71.6 Å². The molecule has 1 nitrogen and oxygen atoms in total. The molecule has 0 aliphatic heterocycles. The first-order valence-electron chi connectivity index (χ1n) is 6.53. The SMILES string of the molecule is CC(Nc1ccc(Br)cc1Br)C1CC2C=CC1C2. The summed E-state index contributed by atoms with van der Waals surface area (Å²) in [6, 6.07) is 6.84. The molecule has 1 N–H and O–H groups in total. The van der Waals surface area contributed by atoms with Crippen molar-refractivity contribution < 1.29 is 0 Å². The summed E-state index contributed by atoms with van der Waals surface area (Å²) in [5.41, 5.74) is 1.19. The van der Waals surface area contributed by atoms with Crippen LogP contribution in [0, 0.1) is 17.8 Å². The predicted molar refractivity (Wildman–Crippen MR) is 83.8 cm³/mol. The molecule has 18 heavy (non-hydrogen) atoms. The van der Waals surface area contributed by atoms with Crippen LogP contribution in [0.5, 0.6) is 0 Å². The van der Waals surface area contributed by atoms with Crippen molar-refractivity contribution in [3.8, 4) is 0 Å². The Labute approximate surface area is 125 Å². The van der Waals surface area contributed by atoms with E-state index >= 15 is 0 Å². The maximum Gasteiger partial charge on any atom is 0.0487 e. The van der Waals surface area contributed by atoms with Crippen LogP contribution in [0.4, 0.5) is 5.69 Å².